The molecular formula is C7H17N2O5P. The van der Waals surface area contributed by atoms with Crippen LogP contribution in [0, 0.1) is 0 Å². The lowest BCUT2D eigenvalue weighted by Crippen LogP contribution is -2.38. The number of unbranched alkanes of at least 4 members (excludes halogenated alkanes) is 1. The van der Waals surface area contributed by atoms with Crippen LogP contribution in [0.4, 0.5) is 0 Å². The van der Waals surface area contributed by atoms with Crippen LogP contribution in [-0.4, -0.2) is 33.2 Å². The molecule has 0 heterocycles. The van der Waals surface area contributed by atoms with Crippen molar-refractivity contribution in [3.63, 3.8) is 0 Å². The Morgan fingerprint density at radius 2 is 2.07 bits per heavy atom. The fourth-order valence-corrected chi connectivity index (χ4v) is 1.88. The van der Waals surface area contributed by atoms with Gasteiger partial charge >= 0.3 is 7.60 Å². The molecule has 0 bridgehead atoms. The van der Waals surface area contributed by atoms with Crippen LogP contribution in [0.5, 0.6) is 0 Å². The molecule has 8 heteroatoms. The van der Waals surface area contributed by atoms with E-state index in [4.69, 9.17) is 15.0 Å². The summed E-state index contributed by atoms with van der Waals surface area (Å²) in [6, 6.07) is 0. The van der Waals surface area contributed by atoms with Gasteiger partial charge in [-0.1, -0.05) is 19.8 Å². The molecule has 0 aliphatic carbocycles. The van der Waals surface area contributed by atoms with Crippen LogP contribution in [0.1, 0.15) is 26.2 Å². The largest absolute Gasteiger partial charge is 0.342 e. The van der Waals surface area contributed by atoms with Crippen molar-refractivity contribution < 1.29 is 24.4 Å². The smallest absolute Gasteiger partial charge is 0.323 e. The van der Waals surface area contributed by atoms with E-state index in [1.165, 1.54) is 5.48 Å². The molecule has 90 valence electrons. The van der Waals surface area contributed by atoms with E-state index in [9.17, 15) is 9.36 Å². The predicted octanol–water partition coefficient (Wildman–Crippen LogP) is -0.225. The van der Waals surface area contributed by atoms with Crippen molar-refractivity contribution in [1.82, 2.24) is 10.8 Å². The second kappa shape index (κ2) is 6.92. The van der Waals surface area contributed by atoms with Gasteiger partial charge in [-0.3, -0.25) is 19.9 Å². The van der Waals surface area contributed by atoms with E-state index < -0.39 is 19.3 Å². The summed E-state index contributed by atoms with van der Waals surface area (Å²) in [6.45, 7) is 1.58. The van der Waals surface area contributed by atoms with Crippen LogP contribution < -0.4 is 10.8 Å². The summed E-state index contributed by atoms with van der Waals surface area (Å²) in [5, 5.41) is 10.6. The van der Waals surface area contributed by atoms with Crippen molar-refractivity contribution >= 4 is 13.5 Å². The Hall–Kier alpha value is -0.460. The van der Waals surface area contributed by atoms with Gasteiger partial charge in [0.2, 0.25) is 0 Å². The zero-order chi connectivity index (χ0) is 11.9. The third kappa shape index (κ3) is 6.59. The minimum Gasteiger partial charge on any atom is -0.323 e. The number of carbonyl (C=O) groups excluding carboxylic acids is 1. The Morgan fingerprint density at radius 3 is 2.47 bits per heavy atom. The summed E-state index contributed by atoms with van der Waals surface area (Å²) in [7, 11) is -4.25. The van der Waals surface area contributed by atoms with Gasteiger partial charge < -0.3 is 9.79 Å². The Balaban J connectivity index is 4.14. The van der Waals surface area contributed by atoms with Gasteiger partial charge in [0.25, 0.3) is 5.91 Å². The maximum absolute atomic E-state index is 11.0. The van der Waals surface area contributed by atoms with Crippen molar-refractivity contribution in [3.8, 4) is 0 Å². The second-order valence-corrected chi connectivity index (χ2v) is 4.96. The summed E-state index contributed by atoms with van der Waals surface area (Å²) in [6.07, 6.45) is 1.76. The lowest BCUT2D eigenvalue weighted by atomic mass is 10.2. The molecule has 0 fully saturated rings. The van der Waals surface area contributed by atoms with Crippen molar-refractivity contribution in [2.75, 3.05) is 6.54 Å². The predicted molar refractivity (Wildman–Crippen MR) is 53.3 cm³/mol. The average molecular weight is 240 g/mol. The van der Waals surface area contributed by atoms with E-state index in [0.29, 0.717) is 12.8 Å². The monoisotopic (exact) mass is 240 g/mol. The fraction of sp³-hybridized carbons (Fsp3) is 0.857. The van der Waals surface area contributed by atoms with Crippen molar-refractivity contribution in [1.29, 1.82) is 0 Å². The highest BCUT2D eigenvalue weighted by Crippen LogP contribution is 2.41. The Bertz CT molecular complexity index is 242. The quantitative estimate of drug-likeness (QED) is 0.238. The molecule has 0 aromatic rings. The van der Waals surface area contributed by atoms with Gasteiger partial charge in [-0.25, -0.2) is 5.48 Å². The molecule has 0 aromatic carbocycles. The van der Waals surface area contributed by atoms with Crippen LogP contribution in [0.25, 0.3) is 0 Å². The molecule has 0 aromatic heterocycles. The topological polar surface area (TPSA) is 119 Å². The second-order valence-electron chi connectivity index (χ2n) is 3.16. The molecule has 5 N–H and O–H groups in total. The van der Waals surface area contributed by atoms with Gasteiger partial charge in [0.05, 0.1) is 6.54 Å². The van der Waals surface area contributed by atoms with Crippen LogP contribution in [-0.2, 0) is 9.36 Å². The first-order valence-corrected chi connectivity index (χ1v) is 6.31. The van der Waals surface area contributed by atoms with Gasteiger partial charge in [0.1, 0.15) is 5.78 Å². The molecule has 0 saturated heterocycles. The van der Waals surface area contributed by atoms with E-state index in [-0.39, 0.29) is 6.54 Å². The summed E-state index contributed by atoms with van der Waals surface area (Å²) in [4.78, 5) is 28.5. The van der Waals surface area contributed by atoms with Gasteiger partial charge in [-0.05, 0) is 6.42 Å². The molecule has 0 spiro atoms. The number of hydrogen-bond donors (Lipinski definition) is 5. The van der Waals surface area contributed by atoms with Gasteiger partial charge in [0, 0.05) is 0 Å². The van der Waals surface area contributed by atoms with Crippen LogP contribution >= 0.6 is 7.60 Å². The molecule has 7 nitrogen and oxygen atoms in total. The first-order valence-electron chi connectivity index (χ1n) is 4.63. The molecule has 0 saturated carbocycles. The molecule has 0 aliphatic heterocycles. The minimum absolute atomic E-state index is 0.291. The maximum Gasteiger partial charge on any atom is 0.342 e. The van der Waals surface area contributed by atoms with Crippen molar-refractivity contribution in [2.24, 2.45) is 0 Å². The summed E-state index contributed by atoms with van der Waals surface area (Å²) in [5.74, 6) is -1.76. The van der Waals surface area contributed by atoms with Crippen LogP contribution in [0.2, 0.25) is 0 Å². The minimum atomic E-state index is -4.25. The summed E-state index contributed by atoms with van der Waals surface area (Å²) in [5.41, 5.74) is 1.37. The molecule has 1 unspecified atom stereocenters. The van der Waals surface area contributed by atoms with Crippen LogP contribution in [0.15, 0.2) is 0 Å². The lowest BCUT2D eigenvalue weighted by molar-refractivity contribution is -0.128. The van der Waals surface area contributed by atoms with E-state index in [1.807, 2.05) is 6.92 Å². The normalized spacial score (nSPS) is 13.6. The molecule has 1 atom stereocenters. The number of hydroxylamine groups is 1. The zero-order valence-corrected chi connectivity index (χ0v) is 9.41. The number of hydrogen-bond acceptors (Lipinski definition) is 4. The molecule has 1 amide bonds. The highest BCUT2D eigenvalue weighted by Gasteiger charge is 2.27. The fourth-order valence-electron chi connectivity index (χ4n) is 1.04. The van der Waals surface area contributed by atoms with Gasteiger partial charge in [0.15, 0.2) is 0 Å². The van der Waals surface area contributed by atoms with Crippen molar-refractivity contribution in [2.45, 2.75) is 32.0 Å². The van der Waals surface area contributed by atoms with E-state index in [0.717, 1.165) is 6.42 Å². The van der Waals surface area contributed by atoms with E-state index in [1.54, 1.807) is 0 Å². The lowest BCUT2D eigenvalue weighted by Gasteiger charge is -2.18. The Morgan fingerprint density at radius 1 is 1.47 bits per heavy atom. The average Bonchev–Trinajstić information content (AvgIpc) is 2.15. The maximum atomic E-state index is 11.0. The summed E-state index contributed by atoms with van der Waals surface area (Å²) >= 11 is 0. The van der Waals surface area contributed by atoms with Gasteiger partial charge in [-0.2, -0.15) is 0 Å². The van der Waals surface area contributed by atoms with Gasteiger partial charge in [-0.15, -0.1) is 0 Å². The number of amides is 1. The first-order chi connectivity index (χ1) is 6.91. The zero-order valence-electron chi connectivity index (χ0n) is 8.51. The Kier molecular flexibility index (Phi) is 6.71. The summed E-state index contributed by atoms with van der Waals surface area (Å²) < 4.78 is 11.0. The molecule has 15 heavy (non-hydrogen) atoms. The van der Waals surface area contributed by atoms with Crippen molar-refractivity contribution in [3.05, 3.63) is 0 Å². The molecular weight excluding hydrogens is 223 g/mol. The third-order valence-electron chi connectivity index (χ3n) is 1.86. The van der Waals surface area contributed by atoms with Crippen LogP contribution in [0.3, 0.4) is 0 Å². The Labute approximate surface area is 88.0 Å². The SMILES string of the molecule is CCCCC(NCC(=O)NO)P(=O)(O)O. The highest BCUT2D eigenvalue weighted by atomic mass is 31.2. The first kappa shape index (κ1) is 14.5. The number of nitrogens with one attached hydrogen (secondary N) is 2. The molecule has 0 radical (unpaired) electrons. The standard InChI is InChI=1S/C7H17N2O5P/c1-2-3-4-7(15(12,13)14)8-5-6(10)9-11/h7-8,11H,2-5H2,1H3,(H,9,10)(H2,12,13,14). The number of rotatable bonds is 7. The number of carbonyl (C=O) groups is 1. The third-order valence-corrected chi connectivity index (χ3v) is 3.11. The molecule has 0 rings (SSSR count). The molecule has 0 aliphatic rings. The highest BCUT2D eigenvalue weighted by molar-refractivity contribution is 7.52. The van der Waals surface area contributed by atoms with E-state index >= 15 is 0 Å². The van der Waals surface area contributed by atoms with E-state index in [2.05, 4.69) is 5.32 Å².